The van der Waals surface area contributed by atoms with Crippen molar-refractivity contribution in [1.29, 1.82) is 0 Å². The first-order valence-corrected chi connectivity index (χ1v) is 9.65. The molecule has 5 heteroatoms. The summed E-state index contributed by atoms with van der Waals surface area (Å²) in [5.74, 6) is 0.628. The molecule has 1 N–H and O–H groups in total. The van der Waals surface area contributed by atoms with Crippen LogP contribution in [0.1, 0.15) is 49.4 Å². The van der Waals surface area contributed by atoms with Crippen LogP contribution in [0.15, 0.2) is 48.5 Å². The summed E-state index contributed by atoms with van der Waals surface area (Å²) in [5.41, 5.74) is 2.65. The van der Waals surface area contributed by atoms with Gasteiger partial charge < -0.3 is 15.0 Å². The second-order valence-corrected chi connectivity index (χ2v) is 6.78. The summed E-state index contributed by atoms with van der Waals surface area (Å²) in [6, 6.07) is 15.5. The molecule has 2 aromatic rings. The van der Waals surface area contributed by atoms with Crippen LogP contribution >= 0.6 is 12.4 Å². The highest BCUT2D eigenvalue weighted by atomic mass is 35.5. The van der Waals surface area contributed by atoms with Gasteiger partial charge in [-0.2, -0.15) is 0 Å². The minimum Gasteiger partial charge on any atom is -0.494 e. The monoisotopic (exact) mass is 388 g/mol. The number of nitrogens with zero attached hydrogens (tertiary/aromatic N) is 1. The Morgan fingerprint density at radius 3 is 2.52 bits per heavy atom. The van der Waals surface area contributed by atoms with E-state index in [0.717, 1.165) is 37.4 Å². The van der Waals surface area contributed by atoms with Gasteiger partial charge in [0.15, 0.2) is 0 Å². The van der Waals surface area contributed by atoms with Crippen LogP contribution in [-0.4, -0.2) is 25.6 Å². The molecular weight excluding hydrogens is 360 g/mol. The van der Waals surface area contributed by atoms with Crippen molar-refractivity contribution in [3.63, 3.8) is 0 Å². The predicted octanol–water partition coefficient (Wildman–Crippen LogP) is 5.53. The highest BCUT2D eigenvalue weighted by Gasteiger charge is 2.11. The van der Waals surface area contributed by atoms with Gasteiger partial charge in [0.2, 0.25) is 0 Å². The van der Waals surface area contributed by atoms with Crippen molar-refractivity contribution in [2.75, 3.05) is 29.9 Å². The number of carbonyl (C=O) groups excluding carboxylic acids is 1. The van der Waals surface area contributed by atoms with E-state index in [-0.39, 0.29) is 18.3 Å². The number of hydrogen-bond donors (Lipinski definition) is 1. The van der Waals surface area contributed by atoms with Crippen LogP contribution in [0.4, 0.5) is 11.4 Å². The van der Waals surface area contributed by atoms with Gasteiger partial charge in [-0.1, -0.05) is 19.4 Å². The Morgan fingerprint density at radius 1 is 1.07 bits per heavy atom. The van der Waals surface area contributed by atoms with Gasteiger partial charge in [0.1, 0.15) is 5.75 Å². The van der Waals surface area contributed by atoms with Crippen molar-refractivity contribution < 1.29 is 9.53 Å². The van der Waals surface area contributed by atoms with E-state index in [1.54, 1.807) is 6.07 Å². The van der Waals surface area contributed by atoms with Crippen LogP contribution in [-0.2, 0) is 0 Å². The number of nitrogens with one attached hydrogen (secondary N) is 1. The zero-order valence-corrected chi connectivity index (χ0v) is 16.8. The van der Waals surface area contributed by atoms with Crippen LogP contribution in [0.5, 0.6) is 5.75 Å². The van der Waals surface area contributed by atoms with Crippen molar-refractivity contribution in [2.45, 2.75) is 39.0 Å². The quantitative estimate of drug-likeness (QED) is 0.634. The molecule has 3 rings (SSSR count). The van der Waals surface area contributed by atoms with Gasteiger partial charge in [-0.25, -0.2) is 0 Å². The lowest BCUT2D eigenvalue weighted by Gasteiger charge is -2.28. The molecule has 0 aromatic heterocycles. The Balaban J connectivity index is 0.00000261. The molecule has 1 fully saturated rings. The third-order valence-electron chi connectivity index (χ3n) is 4.71. The third-order valence-corrected chi connectivity index (χ3v) is 4.71. The van der Waals surface area contributed by atoms with Crippen LogP contribution < -0.4 is 15.0 Å². The maximum Gasteiger partial charge on any atom is 0.255 e. The molecule has 4 nitrogen and oxygen atoms in total. The fraction of sp³-hybridized carbons (Fsp3) is 0.409. The van der Waals surface area contributed by atoms with E-state index < -0.39 is 0 Å². The van der Waals surface area contributed by atoms with E-state index in [1.165, 1.54) is 24.9 Å². The molecule has 1 amide bonds. The molecule has 0 bridgehead atoms. The highest BCUT2D eigenvalue weighted by molar-refractivity contribution is 6.04. The minimum absolute atomic E-state index is 0. The summed E-state index contributed by atoms with van der Waals surface area (Å²) in [6.07, 6.45) is 5.95. The summed E-state index contributed by atoms with van der Waals surface area (Å²) in [4.78, 5) is 14.9. The average molecular weight is 389 g/mol. The van der Waals surface area contributed by atoms with Gasteiger partial charge in [-0.05, 0) is 68.1 Å². The molecule has 0 unspecified atom stereocenters. The number of ether oxygens (including phenoxy) is 1. The van der Waals surface area contributed by atoms with Gasteiger partial charge in [0, 0.05) is 30.0 Å². The molecule has 0 atom stereocenters. The van der Waals surface area contributed by atoms with E-state index >= 15 is 0 Å². The van der Waals surface area contributed by atoms with Gasteiger partial charge in [0.05, 0.1) is 6.61 Å². The van der Waals surface area contributed by atoms with Crippen LogP contribution in [0.25, 0.3) is 0 Å². The second-order valence-electron chi connectivity index (χ2n) is 6.78. The molecule has 1 saturated heterocycles. The summed E-state index contributed by atoms with van der Waals surface area (Å²) >= 11 is 0. The lowest BCUT2D eigenvalue weighted by Crippen LogP contribution is -2.29. The Bertz CT molecular complexity index is 713. The SMILES string of the molecule is CCCCOc1cccc(C(=O)Nc2ccc(N3CCCCC3)cc2)c1.Cl. The molecular formula is C22H29ClN2O2. The average Bonchev–Trinajstić information content (AvgIpc) is 2.70. The fourth-order valence-electron chi connectivity index (χ4n) is 3.17. The molecule has 146 valence electrons. The lowest BCUT2D eigenvalue weighted by molar-refractivity contribution is 0.102. The Hall–Kier alpha value is -2.20. The molecule has 0 radical (unpaired) electrons. The molecule has 1 aliphatic heterocycles. The Morgan fingerprint density at radius 2 is 1.81 bits per heavy atom. The van der Waals surface area contributed by atoms with Crippen molar-refractivity contribution in [2.24, 2.45) is 0 Å². The van der Waals surface area contributed by atoms with E-state index in [0.29, 0.717) is 12.2 Å². The number of rotatable bonds is 7. The number of benzene rings is 2. The number of amides is 1. The first-order chi connectivity index (χ1) is 12.8. The molecule has 27 heavy (non-hydrogen) atoms. The largest absolute Gasteiger partial charge is 0.494 e. The lowest BCUT2D eigenvalue weighted by atomic mass is 10.1. The minimum atomic E-state index is -0.114. The summed E-state index contributed by atoms with van der Waals surface area (Å²) in [7, 11) is 0. The van der Waals surface area contributed by atoms with Crippen molar-refractivity contribution in [3.05, 3.63) is 54.1 Å². The van der Waals surface area contributed by atoms with Crippen molar-refractivity contribution in [3.8, 4) is 5.75 Å². The number of anilines is 2. The molecule has 2 aromatic carbocycles. The number of carbonyl (C=O) groups is 1. The third kappa shape index (κ3) is 6.17. The Labute approximate surface area is 168 Å². The van der Waals surface area contributed by atoms with E-state index in [4.69, 9.17) is 4.74 Å². The van der Waals surface area contributed by atoms with Crippen LogP contribution in [0.3, 0.4) is 0 Å². The standard InChI is InChI=1S/C22H28N2O2.ClH/c1-2-3-16-26-21-9-7-8-18(17-21)22(25)23-19-10-12-20(13-11-19)24-14-5-4-6-15-24;/h7-13,17H,2-6,14-16H2,1H3,(H,23,25);1H. The van der Waals surface area contributed by atoms with E-state index in [9.17, 15) is 4.79 Å². The number of unbranched alkanes of at least 4 members (excludes halogenated alkanes) is 1. The van der Waals surface area contributed by atoms with E-state index in [1.807, 2.05) is 30.3 Å². The number of halogens is 1. The first-order valence-electron chi connectivity index (χ1n) is 9.65. The van der Waals surface area contributed by atoms with Gasteiger partial charge in [-0.3, -0.25) is 4.79 Å². The normalized spacial score (nSPS) is 13.6. The van der Waals surface area contributed by atoms with Gasteiger partial charge in [-0.15, -0.1) is 12.4 Å². The van der Waals surface area contributed by atoms with Crippen molar-refractivity contribution in [1.82, 2.24) is 0 Å². The highest BCUT2D eigenvalue weighted by Crippen LogP contribution is 2.22. The van der Waals surface area contributed by atoms with Gasteiger partial charge >= 0.3 is 0 Å². The fourth-order valence-corrected chi connectivity index (χ4v) is 3.17. The molecule has 0 aliphatic carbocycles. The molecule has 0 saturated carbocycles. The zero-order chi connectivity index (χ0) is 18.2. The number of hydrogen-bond acceptors (Lipinski definition) is 3. The smallest absolute Gasteiger partial charge is 0.255 e. The summed E-state index contributed by atoms with van der Waals surface area (Å²) in [5, 5.41) is 2.97. The maximum absolute atomic E-state index is 12.5. The topological polar surface area (TPSA) is 41.6 Å². The maximum atomic E-state index is 12.5. The number of piperidine rings is 1. The van der Waals surface area contributed by atoms with E-state index in [2.05, 4.69) is 29.3 Å². The zero-order valence-electron chi connectivity index (χ0n) is 15.9. The second kappa shape index (κ2) is 10.8. The molecule has 0 spiro atoms. The Kier molecular flexibility index (Phi) is 8.46. The predicted molar refractivity (Wildman–Crippen MR) is 115 cm³/mol. The van der Waals surface area contributed by atoms with Gasteiger partial charge in [0.25, 0.3) is 5.91 Å². The van der Waals surface area contributed by atoms with Crippen LogP contribution in [0, 0.1) is 0 Å². The molecule has 1 heterocycles. The summed E-state index contributed by atoms with van der Waals surface area (Å²) in [6.45, 7) is 5.05. The first kappa shape index (κ1) is 21.1. The molecule has 1 aliphatic rings. The summed E-state index contributed by atoms with van der Waals surface area (Å²) < 4.78 is 5.68. The van der Waals surface area contributed by atoms with Crippen LogP contribution in [0.2, 0.25) is 0 Å². The van der Waals surface area contributed by atoms with Crippen molar-refractivity contribution >= 4 is 29.7 Å².